The van der Waals surface area contributed by atoms with E-state index >= 15 is 0 Å². The van der Waals surface area contributed by atoms with Gasteiger partial charge in [0.15, 0.2) is 0 Å². The van der Waals surface area contributed by atoms with E-state index in [4.69, 9.17) is 11.6 Å². The van der Waals surface area contributed by atoms with Crippen molar-refractivity contribution in [3.05, 3.63) is 74.2 Å². The molecule has 0 radical (unpaired) electrons. The Hall–Kier alpha value is -2.74. The zero-order valence-corrected chi connectivity index (χ0v) is 21.3. The second kappa shape index (κ2) is 12.0. The van der Waals surface area contributed by atoms with Crippen LogP contribution in [0, 0.1) is 0 Å². The fraction of sp³-hybridized carbons (Fsp3) is 0.304. The highest BCUT2D eigenvalue weighted by Crippen LogP contribution is 2.40. The molecule has 0 aliphatic heterocycles. The molecular weight excluding hydrogens is 623 g/mol. The van der Waals surface area contributed by atoms with Gasteiger partial charge in [0.1, 0.15) is 12.6 Å². The van der Waals surface area contributed by atoms with Crippen molar-refractivity contribution in [3.8, 4) is 0 Å². The van der Waals surface area contributed by atoms with E-state index in [1.54, 1.807) is 5.32 Å². The lowest BCUT2D eigenvalue weighted by Gasteiger charge is -2.19. The molecule has 0 aliphatic carbocycles. The Morgan fingerprint density at radius 2 is 1.63 bits per heavy atom. The van der Waals surface area contributed by atoms with Crippen LogP contribution in [0.4, 0.5) is 39.5 Å². The molecule has 2 N–H and O–H groups in total. The number of benzene rings is 2. The first-order chi connectivity index (χ1) is 17.3. The summed E-state index contributed by atoms with van der Waals surface area (Å²) in [5, 5.41) is 3.27. The molecule has 0 aromatic heterocycles. The van der Waals surface area contributed by atoms with E-state index in [2.05, 4.69) is 21.2 Å². The third kappa shape index (κ3) is 9.22. The number of halogens is 11. The number of hydrogen-bond donors (Lipinski definition) is 2. The first-order valence-corrected chi connectivity index (χ1v) is 11.5. The summed E-state index contributed by atoms with van der Waals surface area (Å²) in [6.45, 7) is -0.450. The Morgan fingerprint density at radius 1 is 1.00 bits per heavy atom. The number of hydrogen-bond acceptors (Lipinski definition) is 2. The maximum Gasteiger partial charge on any atom is 0.416 e. The molecule has 2 aromatic carbocycles. The fourth-order valence-electron chi connectivity index (χ4n) is 3.07. The molecule has 0 fully saturated rings. The Balaban J connectivity index is 2.24. The lowest BCUT2D eigenvalue weighted by atomic mass is 9.95. The molecule has 4 nitrogen and oxygen atoms in total. The molecule has 0 aliphatic rings. The monoisotopic (exact) mass is 638 g/mol. The molecule has 0 saturated heterocycles. The summed E-state index contributed by atoms with van der Waals surface area (Å²) in [4.78, 5) is 24.1. The van der Waals surface area contributed by atoms with Crippen molar-refractivity contribution in [3.63, 3.8) is 0 Å². The van der Waals surface area contributed by atoms with Gasteiger partial charge in [-0.3, -0.25) is 9.59 Å². The lowest BCUT2D eigenvalue weighted by Crippen LogP contribution is -2.47. The van der Waals surface area contributed by atoms with Crippen LogP contribution < -0.4 is 10.6 Å². The number of rotatable bonds is 7. The highest BCUT2D eigenvalue weighted by Gasteiger charge is 2.40. The summed E-state index contributed by atoms with van der Waals surface area (Å²) < 4.78 is 117. The third-order valence-electron chi connectivity index (χ3n) is 4.88. The van der Waals surface area contributed by atoms with E-state index in [0.29, 0.717) is 18.2 Å². The topological polar surface area (TPSA) is 58.2 Å². The summed E-state index contributed by atoms with van der Waals surface area (Å²) in [5.74, 6) is -4.41. The van der Waals surface area contributed by atoms with Gasteiger partial charge in [0.25, 0.3) is 5.91 Å². The number of alkyl halides is 9. The van der Waals surface area contributed by atoms with Crippen LogP contribution in [0.5, 0.6) is 0 Å². The zero-order chi connectivity index (χ0) is 29.1. The SMILES string of the molecule is C[C@@H](NC(=O)c1ccc(/C=C/C(c2cc(Cl)cc(C(F)(F)F)c2)C(F)(F)F)cc1Br)C(=O)NCC(F)(F)F. The molecule has 0 bridgehead atoms. The van der Waals surface area contributed by atoms with E-state index in [-0.39, 0.29) is 15.6 Å². The number of amides is 2. The highest BCUT2D eigenvalue weighted by molar-refractivity contribution is 9.10. The molecule has 2 atom stereocenters. The molecule has 38 heavy (non-hydrogen) atoms. The van der Waals surface area contributed by atoms with Gasteiger partial charge < -0.3 is 10.6 Å². The van der Waals surface area contributed by atoms with Crippen LogP contribution in [-0.4, -0.2) is 36.8 Å². The van der Waals surface area contributed by atoms with Crippen LogP contribution in [0.2, 0.25) is 5.02 Å². The molecule has 0 heterocycles. The summed E-state index contributed by atoms with van der Waals surface area (Å²) in [6.07, 6.45) is -12.9. The number of nitrogens with one attached hydrogen (secondary N) is 2. The molecule has 0 saturated carbocycles. The summed E-state index contributed by atoms with van der Waals surface area (Å²) >= 11 is 8.67. The maximum absolute atomic E-state index is 13.7. The minimum absolute atomic E-state index is 0.0609. The smallest absolute Gasteiger partial charge is 0.345 e. The summed E-state index contributed by atoms with van der Waals surface area (Å²) in [5.41, 5.74) is -2.05. The van der Waals surface area contributed by atoms with Crippen molar-refractivity contribution in [2.24, 2.45) is 0 Å². The lowest BCUT2D eigenvalue weighted by molar-refractivity contribution is -0.142. The van der Waals surface area contributed by atoms with Gasteiger partial charge >= 0.3 is 18.5 Å². The number of carbonyl (C=O) groups is 2. The summed E-state index contributed by atoms with van der Waals surface area (Å²) in [7, 11) is 0. The molecule has 2 aromatic rings. The minimum atomic E-state index is -4.97. The molecule has 0 spiro atoms. The van der Waals surface area contributed by atoms with Gasteiger partial charge in [-0.15, -0.1) is 0 Å². The van der Waals surface area contributed by atoms with Crippen LogP contribution in [0.25, 0.3) is 6.08 Å². The second-order valence-corrected chi connectivity index (χ2v) is 9.21. The molecular formula is C23H17BrClF9N2O2. The molecule has 1 unspecified atom stereocenters. The third-order valence-corrected chi connectivity index (χ3v) is 5.76. The maximum atomic E-state index is 13.7. The quantitative estimate of drug-likeness (QED) is 0.313. The van der Waals surface area contributed by atoms with Crippen molar-refractivity contribution in [1.29, 1.82) is 0 Å². The van der Waals surface area contributed by atoms with Gasteiger partial charge in [0.05, 0.1) is 17.0 Å². The van der Waals surface area contributed by atoms with Crippen molar-refractivity contribution >= 4 is 45.4 Å². The van der Waals surface area contributed by atoms with Gasteiger partial charge in [0, 0.05) is 9.50 Å². The molecule has 2 amide bonds. The predicted molar refractivity (Wildman–Crippen MR) is 124 cm³/mol. The van der Waals surface area contributed by atoms with Gasteiger partial charge in [-0.05, 0) is 64.3 Å². The average Bonchev–Trinajstić information content (AvgIpc) is 2.75. The van der Waals surface area contributed by atoms with Crippen LogP contribution in [-0.2, 0) is 11.0 Å². The van der Waals surface area contributed by atoms with Crippen LogP contribution in [0.15, 0.2) is 46.9 Å². The van der Waals surface area contributed by atoms with E-state index in [9.17, 15) is 49.1 Å². The normalized spacial score (nSPS) is 14.3. The fourth-order valence-corrected chi connectivity index (χ4v) is 3.89. The second-order valence-electron chi connectivity index (χ2n) is 7.92. The first-order valence-electron chi connectivity index (χ1n) is 10.4. The average molecular weight is 640 g/mol. The van der Waals surface area contributed by atoms with Crippen LogP contribution >= 0.6 is 27.5 Å². The zero-order valence-electron chi connectivity index (χ0n) is 19.0. The van der Waals surface area contributed by atoms with Crippen LogP contribution in [0.1, 0.15) is 39.9 Å². The van der Waals surface area contributed by atoms with Gasteiger partial charge in [-0.25, -0.2) is 0 Å². The van der Waals surface area contributed by atoms with Crippen LogP contribution in [0.3, 0.4) is 0 Å². The van der Waals surface area contributed by atoms with Gasteiger partial charge in [0.2, 0.25) is 5.91 Å². The molecule has 2 rings (SSSR count). The van der Waals surface area contributed by atoms with Crippen molar-refractivity contribution in [2.75, 3.05) is 6.54 Å². The van der Waals surface area contributed by atoms with E-state index in [1.807, 2.05) is 0 Å². The number of carbonyl (C=O) groups excluding carboxylic acids is 2. The van der Waals surface area contributed by atoms with Gasteiger partial charge in [-0.2, -0.15) is 39.5 Å². The van der Waals surface area contributed by atoms with Crippen molar-refractivity contribution in [2.45, 2.75) is 37.4 Å². The van der Waals surface area contributed by atoms with E-state index < -0.39 is 65.0 Å². The first kappa shape index (κ1) is 31.5. The Labute approximate surface area is 223 Å². The number of allylic oxidation sites excluding steroid dienone is 1. The Bertz CT molecular complexity index is 1210. The Morgan fingerprint density at radius 3 is 2.16 bits per heavy atom. The predicted octanol–water partition coefficient (Wildman–Crippen LogP) is 7.28. The summed E-state index contributed by atoms with van der Waals surface area (Å²) in [6, 6.07) is 3.90. The largest absolute Gasteiger partial charge is 0.416 e. The van der Waals surface area contributed by atoms with Crippen molar-refractivity contribution in [1.82, 2.24) is 10.6 Å². The van der Waals surface area contributed by atoms with E-state index in [1.165, 1.54) is 18.2 Å². The standard InChI is InChI=1S/C23H17BrClF9N2O2/c1-11(19(37)35-10-21(26,27)28)36-20(38)16-4-2-12(6-18(16)24)3-5-17(23(32,33)34)13-7-14(22(29,30)31)9-15(25)8-13/h2-9,11,17H,10H2,1H3,(H,35,37)(H,36,38)/b5-3+/t11-,17?/m1/s1. The molecule has 208 valence electrons. The highest BCUT2D eigenvalue weighted by atomic mass is 79.9. The van der Waals surface area contributed by atoms with Crippen molar-refractivity contribution < 1.29 is 49.1 Å². The van der Waals surface area contributed by atoms with Gasteiger partial charge in [-0.1, -0.05) is 29.8 Å². The molecule has 15 heteroatoms. The Kier molecular flexibility index (Phi) is 9.92. The van der Waals surface area contributed by atoms with E-state index in [0.717, 1.165) is 19.1 Å². The minimum Gasteiger partial charge on any atom is -0.345 e.